The van der Waals surface area contributed by atoms with Crippen LogP contribution in [0.25, 0.3) is 11.6 Å². The van der Waals surface area contributed by atoms with E-state index in [2.05, 4.69) is 64.1 Å². The van der Waals surface area contributed by atoms with Gasteiger partial charge in [-0.15, -0.1) is 0 Å². The molecule has 0 fully saturated rings. The van der Waals surface area contributed by atoms with Crippen molar-refractivity contribution >= 4 is 11.6 Å². The number of aryl methyl sites for hydroxylation is 3. The van der Waals surface area contributed by atoms with E-state index in [1.165, 1.54) is 33.4 Å². The van der Waals surface area contributed by atoms with Gasteiger partial charge in [-0.05, 0) is 67.7 Å². The van der Waals surface area contributed by atoms with E-state index in [9.17, 15) is 0 Å². The second-order valence-corrected chi connectivity index (χ2v) is 5.37. The minimum atomic E-state index is 0.938. The highest BCUT2D eigenvalue weighted by atomic mass is 16.5. The van der Waals surface area contributed by atoms with Crippen LogP contribution < -0.4 is 4.74 Å². The molecule has 0 saturated carbocycles. The van der Waals surface area contributed by atoms with Crippen LogP contribution in [0.2, 0.25) is 0 Å². The first kappa shape index (κ1) is 14.4. The van der Waals surface area contributed by atoms with Crippen LogP contribution in [0.1, 0.15) is 34.7 Å². The van der Waals surface area contributed by atoms with E-state index in [4.69, 9.17) is 4.74 Å². The molecule has 0 aliphatic carbocycles. The van der Waals surface area contributed by atoms with Gasteiger partial charge < -0.3 is 4.74 Å². The summed E-state index contributed by atoms with van der Waals surface area (Å²) >= 11 is 0. The average Bonchev–Trinajstić information content (AvgIpc) is 2.42. The van der Waals surface area contributed by atoms with Crippen molar-refractivity contribution in [1.82, 2.24) is 0 Å². The van der Waals surface area contributed by atoms with E-state index < -0.39 is 0 Å². The fraction of sp³-hybridized carbons (Fsp3) is 0.263. The third kappa shape index (κ3) is 3.11. The van der Waals surface area contributed by atoms with Gasteiger partial charge in [0.2, 0.25) is 0 Å². The van der Waals surface area contributed by atoms with E-state index in [0.29, 0.717) is 0 Å². The number of hydrogen-bond acceptors (Lipinski definition) is 1. The molecule has 0 amide bonds. The number of hydrogen-bond donors (Lipinski definition) is 0. The van der Waals surface area contributed by atoms with Crippen LogP contribution in [0.4, 0.5) is 0 Å². The van der Waals surface area contributed by atoms with E-state index in [-0.39, 0.29) is 0 Å². The van der Waals surface area contributed by atoms with Gasteiger partial charge in [-0.25, -0.2) is 0 Å². The van der Waals surface area contributed by atoms with Crippen molar-refractivity contribution in [2.75, 3.05) is 7.11 Å². The molecule has 20 heavy (non-hydrogen) atoms. The molecule has 0 heterocycles. The Morgan fingerprint density at radius 3 is 2.35 bits per heavy atom. The maximum atomic E-state index is 5.31. The minimum absolute atomic E-state index is 0.938. The van der Waals surface area contributed by atoms with Crippen LogP contribution in [0, 0.1) is 20.8 Å². The highest BCUT2D eigenvalue weighted by Crippen LogP contribution is 2.25. The molecule has 0 aromatic heterocycles. The molecule has 0 radical (unpaired) electrons. The third-order valence-corrected chi connectivity index (χ3v) is 3.66. The van der Waals surface area contributed by atoms with Gasteiger partial charge in [0.25, 0.3) is 0 Å². The Hall–Kier alpha value is -2.02. The maximum absolute atomic E-state index is 5.31. The monoisotopic (exact) mass is 266 g/mol. The molecule has 0 bridgehead atoms. The number of ether oxygens (including phenoxy) is 1. The topological polar surface area (TPSA) is 9.23 Å². The Morgan fingerprint density at radius 1 is 0.950 bits per heavy atom. The SMILES string of the molecule is COc1ccc(/C(C)=C/c2cc(C)ccc2C)cc1C. The minimum Gasteiger partial charge on any atom is -0.496 e. The van der Waals surface area contributed by atoms with Crippen LogP contribution >= 0.6 is 0 Å². The van der Waals surface area contributed by atoms with Gasteiger partial charge in [-0.1, -0.05) is 35.9 Å². The highest BCUT2D eigenvalue weighted by molar-refractivity contribution is 5.81. The van der Waals surface area contributed by atoms with Gasteiger partial charge in [-0.2, -0.15) is 0 Å². The quantitative estimate of drug-likeness (QED) is 0.695. The first-order chi connectivity index (χ1) is 9.51. The van der Waals surface area contributed by atoms with Crippen LogP contribution in [-0.4, -0.2) is 7.11 Å². The van der Waals surface area contributed by atoms with Gasteiger partial charge in [0.15, 0.2) is 0 Å². The molecule has 1 nitrogen and oxygen atoms in total. The standard InChI is InChI=1S/C19H22O/c1-13-6-7-14(2)18(10-13)11-15(3)17-8-9-19(20-5)16(4)12-17/h6-12H,1-5H3/b15-11+. The van der Waals surface area contributed by atoms with E-state index >= 15 is 0 Å². The lowest BCUT2D eigenvalue weighted by Gasteiger charge is -2.09. The van der Waals surface area contributed by atoms with Gasteiger partial charge in [0.05, 0.1) is 7.11 Å². The van der Waals surface area contributed by atoms with Crippen molar-refractivity contribution in [2.45, 2.75) is 27.7 Å². The predicted molar refractivity (Wildman–Crippen MR) is 87.2 cm³/mol. The van der Waals surface area contributed by atoms with Crippen molar-refractivity contribution in [3.8, 4) is 5.75 Å². The molecule has 0 N–H and O–H groups in total. The summed E-state index contributed by atoms with van der Waals surface area (Å²) < 4.78 is 5.31. The summed E-state index contributed by atoms with van der Waals surface area (Å²) in [5.74, 6) is 0.938. The predicted octanol–water partition coefficient (Wildman–Crippen LogP) is 5.18. The largest absolute Gasteiger partial charge is 0.496 e. The molecule has 104 valence electrons. The zero-order valence-corrected chi connectivity index (χ0v) is 12.9. The zero-order chi connectivity index (χ0) is 14.7. The van der Waals surface area contributed by atoms with Crippen LogP contribution in [-0.2, 0) is 0 Å². The molecule has 1 heteroatoms. The van der Waals surface area contributed by atoms with Crippen LogP contribution in [0.15, 0.2) is 36.4 Å². The summed E-state index contributed by atoms with van der Waals surface area (Å²) in [6.45, 7) is 8.51. The third-order valence-electron chi connectivity index (χ3n) is 3.66. The highest BCUT2D eigenvalue weighted by Gasteiger charge is 2.03. The van der Waals surface area contributed by atoms with E-state index in [1.807, 2.05) is 6.07 Å². The molecule has 0 aliphatic heterocycles. The van der Waals surface area contributed by atoms with Crippen LogP contribution in [0.5, 0.6) is 5.75 Å². The van der Waals surface area contributed by atoms with Crippen molar-refractivity contribution in [1.29, 1.82) is 0 Å². The molecule has 0 spiro atoms. The van der Waals surface area contributed by atoms with E-state index in [1.54, 1.807) is 7.11 Å². The Kier molecular flexibility index (Phi) is 4.29. The molecule has 0 unspecified atom stereocenters. The summed E-state index contributed by atoms with van der Waals surface area (Å²) in [4.78, 5) is 0. The Morgan fingerprint density at radius 2 is 1.70 bits per heavy atom. The molecule has 0 aliphatic rings. The van der Waals surface area contributed by atoms with Gasteiger partial charge >= 0.3 is 0 Å². The summed E-state index contributed by atoms with van der Waals surface area (Å²) in [5.41, 5.74) is 7.56. The van der Waals surface area contributed by atoms with Gasteiger partial charge in [-0.3, -0.25) is 0 Å². The maximum Gasteiger partial charge on any atom is 0.121 e. The zero-order valence-electron chi connectivity index (χ0n) is 12.9. The van der Waals surface area contributed by atoms with Crippen molar-refractivity contribution < 1.29 is 4.74 Å². The van der Waals surface area contributed by atoms with Crippen LogP contribution in [0.3, 0.4) is 0 Å². The summed E-state index contributed by atoms with van der Waals surface area (Å²) in [7, 11) is 1.71. The summed E-state index contributed by atoms with van der Waals surface area (Å²) in [6, 6.07) is 12.9. The molecule has 2 aromatic rings. The molecular weight excluding hydrogens is 244 g/mol. The van der Waals surface area contributed by atoms with Crippen molar-refractivity contribution in [3.05, 3.63) is 64.2 Å². The Balaban J connectivity index is 2.39. The normalized spacial score (nSPS) is 11.6. The smallest absolute Gasteiger partial charge is 0.121 e. The number of rotatable bonds is 3. The second kappa shape index (κ2) is 5.96. The van der Waals surface area contributed by atoms with Crippen molar-refractivity contribution in [2.24, 2.45) is 0 Å². The molecular formula is C19H22O. The lowest BCUT2D eigenvalue weighted by atomic mass is 9.99. The van der Waals surface area contributed by atoms with Gasteiger partial charge in [0.1, 0.15) is 5.75 Å². The molecule has 2 rings (SSSR count). The number of methoxy groups -OCH3 is 1. The molecule has 2 aromatic carbocycles. The van der Waals surface area contributed by atoms with E-state index in [0.717, 1.165) is 5.75 Å². The lowest BCUT2D eigenvalue weighted by molar-refractivity contribution is 0.411. The molecule has 0 saturated heterocycles. The Bertz CT molecular complexity index is 651. The first-order valence-corrected chi connectivity index (χ1v) is 6.92. The fourth-order valence-electron chi connectivity index (χ4n) is 2.36. The Labute approximate surface area is 121 Å². The average molecular weight is 266 g/mol. The fourth-order valence-corrected chi connectivity index (χ4v) is 2.36. The second-order valence-electron chi connectivity index (χ2n) is 5.37. The molecule has 0 atom stereocenters. The van der Waals surface area contributed by atoms with Crippen molar-refractivity contribution in [3.63, 3.8) is 0 Å². The van der Waals surface area contributed by atoms with Gasteiger partial charge in [0, 0.05) is 0 Å². The summed E-state index contributed by atoms with van der Waals surface area (Å²) in [5, 5.41) is 0. The lowest BCUT2D eigenvalue weighted by Crippen LogP contribution is -1.89. The number of benzene rings is 2. The summed E-state index contributed by atoms with van der Waals surface area (Å²) in [6.07, 6.45) is 2.25. The number of allylic oxidation sites excluding steroid dienone is 1. The first-order valence-electron chi connectivity index (χ1n) is 6.92.